The first-order valence-corrected chi connectivity index (χ1v) is 4.18. The standard InChI is InChI=1S/C10H12N2O/c1-8(2)13-7-10-3-9(4-11)5-12-6-10/h3,5-6,8H,7H2,1-2H3. The van der Waals surface area contributed by atoms with Gasteiger partial charge in [0, 0.05) is 12.4 Å². The summed E-state index contributed by atoms with van der Waals surface area (Å²) < 4.78 is 5.38. The summed E-state index contributed by atoms with van der Waals surface area (Å²) in [6.07, 6.45) is 3.45. The van der Waals surface area contributed by atoms with Gasteiger partial charge >= 0.3 is 0 Å². The molecule has 0 aliphatic rings. The topological polar surface area (TPSA) is 45.9 Å². The maximum absolute atomic E-state index is 8.61. The summed E-state index contributed by atoms with van der Waals surface area (Å²) in [6.45, 7) is 4.46. The Morgan fingerprint density at radius 1 is 1.54 bits per heavy atom. The highest BCUT2D eigenvalue weighted by molar-refractivity contribution is 5.28. The van der Waals surface area contributed by atoms with E-state index in [1.165, 1.54) is 0 Å². The second kappa shape index (κ2) is 4.58. The predicted molar refractivity (Wildman–Crippen MR) is 48.9 cm³/mol. The van der Waals surface area contributed by atoms with Gasteiger partial charge in [-0.1, -0.05) is 0 Å². The molecule has 0 aliphatic heterocycles. The van der Waals surface area contributed by atoms with Crippen molar-refractivity contribution >= 4 is 0 Å². The van der Waals surface area contributed by atoms with E-state index in [1.54, 1.807) is 18.5 Å². The molecule has 1 aromatic heterocycles. The fourth-order valence-electron chi connectivity index (χ4n) is 0.891. The summed E-state index contributed by atoms with van der Waals surface area (Å²) in [6, 6.07) is 3.82. The number of rotatable bonds is 3. The third-order valence-electron chi connectivity index (χ3n) is 1.51. The molecule has 0 spiro atoms. The Bertz CT molecular complexity index is 315. The van der Waals surface area contributed by atoms with Crippen molar-refractivity contribution < 1.29 is 4.74 Å². The van der Waals surface area contributed by atoms with E-state index >= 15 is 0 Å². The van der Waals surface area contributed by atoms with Gasteiger partial charge in [0.1, 0.15) is 6.07 Å². The van der Waals surface area contributed by atoms with Crippen LogP contribution in [0.1, 0.15) is 25.0 Å². The number of hydrogen-bond donors (Lipinski definition) is 0. The molecule has 0 N–H and O–H groups in total. The lowest BCUT2D eigenvalue weighted by molar-refractivity contribution is 0.0655. The second-order valence-corrected chi connectivity index (χ2v) is 3.05. The minimum atomic E-state index is 0.200. The molecule has 0 saturated carbocycles. The zero-order valence-corrected chi connectivity index (χ0v) is 7.82. The highest BCUT2D eigenvalue weighted by Crippen LogP contribution is 2.04. The van der Waals surface area contributed by atoms with Crippen molar-refractivity contribution in [2.45, 2.75) is 26.6 Å². The van der Waals surface area contributed by atoms with Crippen LogP contribution in [0.4, 0.5) is 0 Å². The molecule has 1 rings (SSSR count). The molecule has 0 bridgehead atoms. The van der Waals surface area contributed by atoms with Crippen LogP contribution >= 0.6 is 0 Å². The number of aromatic nitrogens is 1. The smallest absolute Gasteiger partial charge is 0.101 e. The molecular formula is C10H12N2O. The molecular weight excluding hydrogens is 164 g/mol. The molecule has 1 aromatic rings. The Morgan fingerprint density at radius 3 is 2.92 bits per heavy atom. The lowest BCUT2D eigenvalue weighted by Gasteiger charge is -2.06. The maximum Gasteiger partial charge on any atom is 0.101 e. The van der Waals surface area contributed by atoms with E-state index in [4.69, 9.17) is 10.00 Å². The van der Waals surface area contributed by atoms with Crippen LogP contribution in [0.5, 0.6) is 0 Å². The van der Waals surface area contributed by atoms with Crippen LogP contribution in [-0.2, 0) is 11.3 Å². The van der Waals surface area contributed by atoms with Crippen molar-refractivity contribution in [2.75, 3.05) is 0 Å². The lowest BCUT2D eigenvalue weighted by Crippen LogP contribution is -2.02. The monoisotopic (exact) mass is 176 g/mol. The number of nitriles is 1. The number of nitrogens with zero attached hydrogens (tertiary/aromatic N) is 2. The minimum Gasteiger partial charge on any atom is -0.374 e. The van der Waals surface area contributed by atoms with Gasteiger partial charge in [-0.25, -0.2) is 0 Å². The molecule has 1 heterocycles. The van der Waals surface area contributed by atoms with E-state index < -0.39 is 0 Å². The first-order valence-electron chi connectivity index (χ1n) is 4.18. The minimum absolute atomic E-state index is 0.200. The Hall–Kier alpha value is -1.40. The third-order valence-corrected chi connectivity index (χ3v) is 1.51. The van der Waals surface area contributed by atoms with Gasteiger partial charge in [0.25, 0.3) is 0 Å². The van der Waals surface area contributed by atoms with Crippen molar-refractivity contribution in [1.29, 1.82) is 5.26 Å². The molecule has 0 atom stereocenters. The average Bonchev–Trinajstić information content (AvgIpc) is 2.15. The zero-order chi connectivity index (χ0) is 9.68. The van der Waals surface area contributed by atoms with Gasteiger partial charge in [0.2, 0.25) is 0 Å². The second-order valence-electron chi connectivity index (χ2n) is 3.05. The Morgan fingerprint density at radius 2 is 2.31 bits per heavy atom. The molecule has 13 heavy (non-hydrogen) atoms. The van der Waals surface area contributed by atoms with Crippen LogP contribution < -0.4 is 0 Å². The van der Waals surface area contributed by atoms with Crippen LogP contribution in [0, 0.1) is 11.3 Å². The van der Waals surface area contributed by atoms with Crippen molar-refractivity contribution in [3.05, 3.63) is 29.6 Å². The van der Waals surface area contributed by atoms with Gasteiger partial charge in [0.05, 0.1) is 18.3 Å². The number of hydrogen-bond acceptors (Lipinski definition) is 3. The Kier molecular flexibility index (Phi) is 3.41. The Labute approximate surface area is 78.0 Å². The molecule has 0 amide bonds. The number of ether oxygens (including phenoxy) is 1. The summed E-state index contributed by atoms with van der Waals surface area (Å²) >= 11 is 0. The quantitative estimate of drug-likeness (QED) is 0.706. The maximum atomic E-state index is 8.61. The lowest BCUT2D eigenvalue weighted by atomic mass is 10.2. The van der Waals surface area contributed by atoms with Gasteiger partial charge in [-0.2, -0.15) is 5.26 Å². The van der Waals surface area contributed by atoms with E-state index in [0.717, 1.165) is 5.56 Å². The first-order chi connectivity index (χ1) is 6.22. The molecule has 0 saturated heterocycles. The fraction of sp³-hybridized carbons (Fsp3) is 0.400. The highest BCUT2D eigenvalue weighted by Gasteiger charge is 1.98. The largest absolute Gasteiger partial charge is 0.374 e. The van der Waals surface area contributed by atoms with Gasteiger partial charge in [-0.15, -0.1) is 0 Å². The molecule has 0 fully saturated rings. The summed E-state index contributed by atoms with van der Waals surface area (Å²) in [5.74, 6) is 0. The van der Waals surface area contributed by atoms with Gasteiger partial charge < -0.3 is 4.74 Å². The molecule has 3 nitrogen and oxygen atoms in total. The van der Waals surface area contributed by atoms with Crippen molar-refractivity contribution in [3.63, 3.8) is 0 Å². The molecule has 3 heteroatoms. The molecule has 0 radical (unpaired) electrons. The summed E-state index contributed by atoms with van der Waals surface area (Å²) in [4.78, 5) is 3.93. The van der Waals surface area contributed by atoms with Crippen LogP contribution in [0.3, 0.4) is 0 Å². The van der Waals surface area contributed by atoms with Crippen LogP contribution in [0.15, 0.2) is 18.5 Å². The number of pyridine rings is 1. The first kappa shape index (κ1) is 9.69. The SMILES string of the molecule is CC(C)OCc1cncc(C#N)c1. The zero-order valence-electron chi connectivity index (χ0n) is 7.82. The van der Waals surface area contributed by atoms with E-state index in [-0.39, 0.29) is 6.10 Å². The third kappa shape index (κ3) is 3.22. The van der Waals surface area contributed by atoms with E-state index in [0.29, 0.717) is 12.2 Å². The summed E-state index contributed by atoms with van der Waals surface area (Å²) in [5.41, 5.74) is 1.51. The molecule has 68 valence electrons. The van der Waals surface area contributed by atoms with Crippen LogP contribution in [0.25, 0.3) is 0 Å². The summed E-state index contributed by atoms with van der Waals surface area (Å²) in [7, 11) is 0. The van der Waals surface area contributed by atoms with E-state index in [9.17, 15) is 0 Å². The highest BCUT2D eigenvalue weighted by atomic mass is 16.5. The fourth-order valence-corrected chi connectivity index (χ4v) is 0.891. The van der Waals surface area contributed by atoms with Crippen molar-refractivity contribution in [3.8, 4) is 6.07 Å². The van der Waals surface area contributed by atoms with Crippen molar-refractivity contribution in [2.24, 2.45) is 0 Å². The Balaban J connectivity index is 2.63. The van der Waals surface area contributed by atoms with Gasteiger partial charge in [-0.05, 0) is 25.5 Å². The normalized spacial score (nSPS) is 10.0. The average molecular weight is 176 g/mol. The van der Waals surface area contributed by atoms with E-state index in [1.807, 2.05) is 19.9 Å². The van der Waals surface area contributed by atoms with Crippen LogP contribution in [-0.4, -0.2) is 11.1 Å². The van der Waals surface area contributed by atoms with Gasteiger partial charge in [-0.3, -0.25) is 4.98 Å². The predicted octanol–water partition coefficient (Wildman–Crippen LogP) is 1.88. The van der Waals surface area contributed by atoms with Crippen molar-refractivity contribution in [1.82, 2.24) is 4.98 Å². The summed E-state index contributed by atoms with van der Waals surface area (Å²) in [5, 5.41) is 8.61. The molecule has 0 aromatic carbocycles. The van der Waals surface area contributed by atoms with E-state index in [2.05, 4.69) is 4.98 Å². The molecule has 0 unspecified atom stereocenters. The van der Waals surface area contributed by atoms with Gasteiger partial charge in [0.15, 0.2) is 0 Å². The molecule has 0 aliphatic carbocycles. The van der Waals surface area contributed by atoms with Crippen LogP contribution in [0.2, 0.25) is 0 Å².